The normalized spacial score (nSPS) is 25.4. The Morgan fingerprint density at radius 3 is 2.51 bits per heavy atom. The molecule has 1 saturated carbocycles. The quantitative estimate of drug-likeness (QED) is 0.171. The fourth-order valence-electron chi connectivity index (χ4n) is 6.93. The van der Waals surface area contributed by atoms with Gasteiger partial charge in [-0.25, -0.2) is 4.79 Å². The van der Waals surface area contributed by atoms with Gasteiger partial charge in [-0.3, -0.25) is 19.8 Å². The highest BCUT2D eigenvalue weighted by Gasteiger charge is 2.71. The van der Waals surface area contributed by atoms with Crippen molar-refractivity contribution in [2.75, 3.05) is 18.5 Å². The number of esters is 1. The van der Waals surface area contributed by atoms with Crippen LogP contribution < -0.4 is 5.32 Å². The molecule has 9 nitrogen and oxygen atoms in total. The van der Waals surface area contributed by atoms with Gasteiger partial charge in [0.1, 0.15) is 5.54 Å². The smallest absolute Gasteiger partial charge is 0.338 e. The molecule has 1 spiro atoms. The molecule has 1 aliphatic carbocycles. The Labute approximate surface area is 258 Å². The number of halogens is 2. The van der Waals surface area contributed by atoms with Crippen molar-refractivity contribution in [1.29, 1.82) is 0 Å². The predicted molar refractivity (Wildman–Crippen MR) is 162 cm³/mol. The second-order valence-corrected chi connectivity index (χ2v) is 12.3. The van der Waals surface area contributed by atoms with Crippen molar-refractivity contribution in [2.24, 2.45) is 5.92 Å². The first-order chi connectivity index (χ1) is 20.6. The third-order valence-corrected chi connectivity index (χ3v) is 9.37. The maximum atomic E-state index is 14.3. The highest BCUT2D eigenvalue weighted by atomic mass is 35.5. The molecule has 2 N–H and O–H groups in total. The maximum absolute atomic E-state index is 14.3. The summed E-state index contributed by atoms with van der Waals surface area (Å²) in [7, 11) is 0. The van der Waals surface area contributed by atoms with Gasteiger partial charge in [0, 0.05) is 32.8 Å². The molecule has 5 atom stereocenters. The zero-order valence-electron chi connectivity index (χ0n) is 23.4. The van der Waals surface area contributed by atoms with Crippen LogP contribution in [0.4, 0.5) is 5.69 Å². The van der Waals surface area contributed by atoms with E-state index in [-0.39, 0.29) is 29.8 Å². The van der Waals surface area contributed by atoms with E-state index in [1.54, 1.807) is 73.7 Å². The van der Waals surface area contributed by atoms with E-state index >= 15 is 0 Å². The molecule has 0 aromatic heterocycles. The molecule has 3 aromatic carbocycles. The number of hydrogen-bond acceptors (Lipinski definition) is 7. The number of amides is 1. The summed E-state index contributed by atoms with van der Waals surface area (Å²) in [6.07, 6.45) is 0.801. The second kappa shape index (κ2) is 11.5. The molecule has 224 valence electrons. The summed E-state index contributed by atoms with van der Waals surface area (Å²) >= 11 is 12.7. The molecule has 3 aromatic rings. The molecule has 3 aliphatic rings. The Kier molecular flexibility index (Phi) is 7.93. The molecular formula is C32H31Cl2N3O6. The van der Waals surface area contributed by atoms with Crippen LogP contribution in [0.1, 0.15) is 65.3 Å². The Morgan fingerprint density at radius 2 is 1.86 bits per heavy atom. The first kappa shape index (κ1) is 29.6. The highest BCUT2D eigenvalue weighted by molar-refractivity contribution is 6.31. The molecule has 6 rings (SSSR count). The van der Waals surface area contributed by atoms with E-state index in [0.29, 0.717) is 44.5 Å². The number of ether oxygens (including phenoxy) is 1. The molecule has 1 saturated heterocycles. The lowest BCUT2D eigenvalue weighted by Crippen LogP contribution is -2.52. The molecule has 0 unspecified atom stereocenters. The number of anilines is 1. The number of nitrogens with one attached hydrogen (secondary N) is 1. The zero-order valence-corrected chi connectivity index (χ0v) is 24.9. The van der Waals surface area contributed by atoms with Crippen molar-refractivity contribution in [3.8, 4) is 0 Å². The largest absolute Gasteiger partial charge is 0.462 e. The van der Waals surface area contributed by atoms with Crippen LogP contribution in [-0.2, 0) is 15.1 Å². The summed E-state index contributed by atoms with van der Waals surface area (Å²) in [5.41, 5.74) is 1.13. The third-order valence-electron chi connectivity index (χ3n) is 8.90. The van der Waals surface area contributed by atoms with Crippen molar-refractivity contribution in [3.63, 3.8) is 0 Å². The Balaban J connectivity index is 1.48. The first-order valence-electron chi connectivity index (χ1n) is 14.4. The van der Waals surface area contributed by atoms with Gasteiger partial charge >= 0.3 is 5.97 Å². The minimum Gasteiger partial charge on any atom is -0.462 e. The average molecular weight is 625 g/mol. The fraction of sp³-hybridized carbons (Fsp3) is 0.375. The summed E-state index contributed by atoms with van der Waals surface area (Å²) in [5.74, 6) is -1.47. The molecule has 1 amide bonds. The van der Waals surface area contributed by atoms with Crippen LogP contribution in [0.15, 0.2) is 66.7 Å². The second-order valence-electron chi connectivity index (χ2n) is 11.5. The number of rotatable bonds is 9. The lowest BCUT2D eigenvalue weighted by atomic mass is 9.73. The summed E-state index contributed by atoms with van der Waals surface area (Å²) in [6.45, 7) is 2.41. The molecule has 2 heterocycles. The summed E-state index contributed by atoms with van der Waals surface area (Å²) in [5, 5.41) is 28.4. The molecular weight excluding hydrogens is 593 g/mol. The van der Waals surface area contributed by atoms with Crippen molar-refractivity contribution < 1.29 is 24.4 Å². The number of aliphatic hydroxyl groups excluding tert-OH is 1. The molecule has 43 heavy (non-hydrogen) atoms. The van der Waals surface area contributed by atoms with E-state index in [4.69, 9.17) is 27.9 Å². The van der Waals surface area contributed by atoms with Crippen LogP contribution >= 0.6 is 23.2 Å². The van der Waals surface area contributed by atoms with Gasteiger partial charge < -0.3 is 15.2 Å². The van der Waals surface area contributed by atoms with Crippen LogP contribution in [0.3, 0.4) is 0 Å². The zero-order chi connectivity index (χ0) is 30.5. The highest BCUT2D eigenvalue weighted by Crippen LogP contribution is 2.59. The Hall–Kier alpha value is -3.50. The number of aliphatic hydroxyl groups is 1. The number of benzene rings is 3. The lowest BCUT2D eigenvalue weighted by Gasteiger charge is -2.39. The van der Waals surface area contributed by atoms with Crippen LogP contribution in [-0.4, -0.2) is 52.0 Å². The van der Waals surface area contributed by atoms with Crippen LogP contribution in [0.5, 0.6) is 0 Å². The van der Waals surface area contributed by atoms with Gasteiger partial charge in [-0.15, -0.1) is 0 Å². The molecule has 2 fully saturated rings. The standard InChI is InChI=1S/C32H31Cl2N3O6/c1-2-43-30(39)20-10-8-19(9-11-20)27(38)16-26-29(37(41)42)28(21-4-3-5-22(33)14-21)32(36(26)17-18-6-7-18)24-13-12-23(34)15-25(24)35-31(32)40/h3-5,8-15,18,26-29,38H,2,6-7,16-17H2,1H3,(H,35,40)/t26-,27+,28-,29+,32+/m0/s1. The lowest BCUT2D eigenvalue weighted by molar-refractivity contribution is -0.528. The molecule has 11 heteroatoms. The van der Waals surface area contributed by atoms with Gasteiger partial charge in [0.2, 0.25) is 6.04 Å². The minimum absolute atomic E-state index is 0.00780. The van der Waals surface area contributed by atoms with Crippen LogP contribution in [0, 0.1) is 16.0 Å². The Bertz CT molecular complexity index is 1580. The van der Waals surface area contributed by atoms with Crippen LogP contribution in [0.25, 0.3) is 0 Å². The number of carbonyl (C=O) groups is 2. The SMILES string of the molecule is CCOC(=O)c1ccc([C@H](O)C[C@H]2[C@@H]([N+](=O)[O-])[C@H](c3cccc(Cl)c3)[C@]3(C(=O)Nc4cc(Cl)ccc43)N2CC2CC2)cc1. The van der Waals surface area contributed by atoms with Gasteiger partial charge in [0.25, 0.3) is 5.91 Å². The monoisotopic (exact) mass is 623 g/mol. The first-order valence-corrected chi connectivity index (χ1v) is 15.1. The topological polar surface area (TPSA) is 122 Å². The van der Waals surface area contributed by atoms with Crippen LogP contribution in [0.2, 0.25) is 10.0 Å². The van der Waals surface area contributed by atoms with Gasteiger partial charge in [-0.2, -0.15) is 0 Å². The predicted octanol–water partition coefficient (Wildman–Crippen LogP) is 5.96. The summed E-state index contributed by atoms with van der Waals surface area (Å²) in [4.78, 5) is 41.2. The van der Waals surface area contributed by atoms with Crippen molar-refractivity contribution in [2.45, 2.75) is 55.8 Å². The number of likely N-dealkylation sites (tertiary alicyclic amines) is 1. The van der Waals surface area contributed by atoms with Gasteiger partial charge in [0.15, 0.2) is 0 Å². The maximum Gasteiger partial charge on any atom is 0.338 e. The number of nitrogens with zero attached hydrogens (tertiary/aromatic N) is 2. The molecule has 0 radical (unpaired) electrons. The van der Waals surface area contributed by atoms with E-state index in [1.165, 1.54) is 0 Å². The summed E-state index contributed by atoms with van der Waals surface area (Å²) < 4.78 is 5.06. The van der Waals surface area contributed by atoms with Crippen molar-refractivity contribution >= 4 is 40.8 Å². The number of carbonyl (C=O) groups excluding carboxylic acids is 2. The Morgan fingerprint density at radius 1 is 1.14 bits per heavy atom. The fourth-order valence-corrected chi connectivity index (χ4v) is 7.30. The van der Waals surface area contributed by atoms with E-state index in [2.05, 4.69) is 5.32 Å². The van der Waals surface area contributed by atoms with Gasteiger partial charge in [-0.05, 0) is 79.6 Å². The van der Waals surface area contributed by atoms with E-state index in [1.807, 2.05) is 4.90 Å². The summed E-state index contributed by atoms with van der Waals surface area (Å²) in [6, 6.07) is 16.4. The average Bonchev–Trinajstić information content (AvgIpc) is 3.69. The number of hydrogen-bond donors (Lipinski definition) is 2. The van der Waals surface area contributed by atoms with Crippen molar-refractivity contribution in [1.82, 2.24) is 4.90 Å². The minimum atomic E-state index is -1.43. The third kappa shape index (κ3) is 5.18. The van der Waals surface area contributed by atoms with Gasteiger partial charge in [-0.1, -0.05) is 53.5 Å². The molecule has 0 bridgehead atoms. The van der Waals surface area contributed by atoms with E-state index in [0.717, 1.165) is 12.8 Å². The number of nitro groups is 1. The van der Waals surface area contributed by atoms with E-state index in [9.17, 15) is 24.8 Å². The number of fused-ring (bicyclic) bond motifs is 2. The van der Waals surface area contributed by atoms with Gasteiger partial charge in [0.05, 0.1) is 30.2 Å². The van der Waals surface area contributed by atoms with Crippen molar-refractivity contribution in [3.05, 3.63) is 109 Å². The molecule has 2 aliphatic heterocycles. The van der Waals surface area contributed by atoms with E-state index < -0.39 is 35.6 Å².